The molecule has 0 spiro atoms. The summed E-state index contributed by atoms with van der Waals surface area (Å²) in [5.74, 6) is -0.223. The Morgan fingerprint density at radius 3 is 2.42 bits per heavy atom. The second-order valence-electron chi connectivity index (χ2n) is 5.15. The first kappa shape index (κ1) is 16.0. The molecule has 1 rings (SSSR count). The topological polar surface area (TPSA) is 38.3 Å². The van der Waals surface area contributed by atoms with Gasteiger partial charge in [0.2, 0.25) is 0 Å². The molecule has 0 aliphatic heterocycles. The number of esters is 1. The minimum Gasteiger partial charge on any atom is -0.465 e. The van der Waals surface area contributed by atoms with Gasteiger partial charge in [0.05, 0.1) is 6.61 Å². The van der Waals surface area contributed by atoms with Gasteiger partial charge in [0.25, 0.3) is 0 Å². The maximum absolute atomic E-state index is 12.2. The number of hydrogen-bond donors (Lipinski definition) is 1. The molecule has 0 aromatic heterocycles. The molecular weight excluding hydrogens is 262 g/mol. The van der Waals surface area contributed by atoms with Crippen LogP contribution in [0.3, 0.4) is 0 Å². The van der Waals surface area contributed by atoms with Crippen molar-refractivity contribution >= 4 is 17.6 Å². The van der Waals surface area contributed by atoms with Gasteiger partial charge in [0.1, 0.15) is 5.54 Å². The molecule has 1 atom stereocenters. The molecule has 1 aromatic carbocycles. The second-order valence-corrected chi connectivity index (χ2v) is 5.59. The van der Waals surface area contributed by atoms with Crippen LogP contribution < -0.4 is 5.32 Å². The monoisotopic (exact) mass is 283 g/mol. The van der Waals surface area contributed by atoms with Gasteiger partial charge in [0.15, 0.2) is 0 Å². The number of halogens is 1. The molecule has 0 saturated carbocycles. The zero-order chi connectivity index (χ0) is 14.5. The minimum absolute atomic E-state index is 0.196. The van der Waals surface area contributed by atoms with Gasteiger partial charge < -0.3 is 4.74 Å². The molecule has 0 fully saturated rings. The Labute approximate surface area is 120 Å². The number of nitrogens with one attached hydrogen (secondary N) is 1. The average Bonchev–Trinajstić information content (AvgIpc) is 2.31. The maximum atomic E-state index is 12.2. The van der Waals surface area contributed by atoms with Gasteiger partial charge in [-0.1, -0.05) is 23.7 Å². The molecule has 0 saturated heterocycles. The van der Waals surface area contributed by atoms with Crippen LogP contribution in [0.15, 0.2) is 24.3 Å². The molecule has 1 N–H and O–H groups in total. The first-order valence-electron chi connectivity index (χ1n) is 6.56. The van der Waals surface area contributed by atoms with Crippen molar-refractivity contribution in [3.8, 4) is 0 Å². The molecule has 0 heterocycles. The van der Waals surface area contributed by atoms with E-state index in [1.165, 1.54) is 0 Å². The van der Waals surface area contributed by atoms with Crippen LogP contribution in [0.1, 0.15) is 33.3 Å². The average molecular weight is 284 g/mol. The van der Waals surface area contributed by atoms with Crippen molar-refractivity contribution in [1.29, 1.82) is 0 Å². The van der Waals surface area contributed by atoms with Gasteiger partial charge in [-0.25, -0.2) is 0 Å². The Morgan fingerprint density at radius 2 is 1.95 bits per heavy atom. The third kappa shape index (κ3) is 4.84. The molecule has 4 heteroatoms. The van der Waals surface area contributed by atoms with E-state index < -0.39 is 5.54 Å². The van der Waals surface area contributed by atoms with Crippen LogP contribution in [0.25, 0.3) is 0 Å². The number of ether oxygens (including phenoxy) is 1. The molecule has 1 unspecified atom stereocenters. The summed E-state index contributed by atoms with van der Waals surface area (Å²) in [7, 11) is 0. The summed E-state index contributed by atoms with van der Waals surface area (Å²) in [6.45, 7) is 8.10. The number of rotatable bonds is 6. The van der Waals surface area contributed by atoms with Gasteiger partial charge in [-0.3, -0.25) is 10.1 Å². The first-order chi connectivity index (χ1) is 8.87. The summed E-state index contributed by atoms with van der Waals surface area (Å²) < 4.78 is 5.18. The molecule has 0 radical (unpaired) electrons. The van der Waals surface area contributed by atoms with Crippen LogP contribution in [-0.4, -0.2) is 24.2 Å². The van der Waals surface area contributed by atoms with Crippen LogP contribution >= 0.6 is 11.6 Å². The quantitative estimate of drug-likeness (QED) is 0.815. The Morgan fingerprint density at radius 1 is 1.37 bits per heavy atom. The van der Waals surface area contributed by atoms with Gasteiger partial charge >= 0.3 is 5.97 Å². The van der Waals surface area contributed by atoms with Crippen molar-refractivity contribution in [2.75, 3.05) is 6.61 Å². The van der Waals surface area contributed by atoms with Crippen LogP contribution in [0.2, 0.25) is 5.02 Å². The highest BCUT2D eigenvalue weighted by Crippen LogP contribution is 2.18. The molecule has 3 nitrogen and oxygen atoms in total. The van der Waals surface area contributed by atoms with E-state index in [-0.39, 0.29) is 12.0 Å². The lowest BCUT2D eigenvalue weighted by Crippen LogP contribution is -2.54. The molecular formula is C15H22ClNO2. The minimum atomic E-state index is -0.724. The van der Waals surface area contributed by atoms with E-state index in [1.807, 2.05) is 52.0 Å². The van der Waals surface area contributed by atoms with Crippen LogP contribution in [-0.2, 0) is 16.0 Å². The predicted molar refractivity (Wildman–Crippen MR) is 78.5 cm³/mol. The number of hydrogen-bond acceptors (Lipinski definition) is 3. The Bertz CT molecular complexity index is 417. The largest absolute Gasteiger partial charge is 0.465 e. The van der Waals surface area contributed by atoms with E-state index in [0.29, 0.717) is 18.1 Å². The van der Waals surface area contributed by atoms with Gasteiger partial charge in [-0.05, 0) is 45.4 Å². The van der Waals surface area contributed by atoms with Gasteiger partial charge in [-0.15, -0.1) is 0 Å². The van der Waals surface area contributed by atoms with Gasteiger partial charge in [-0.2, -0.15) is 0 Å². The van der Waals surface area contributed by atoms with Crippen LogP contribution in [0.5, 0.6) is 0 Å². The fourth-order valence-corrected chi connectivity index (χ4v) is 2.25. The normalized spacial score (nSPS) is 14.2. The van der Waals surface area contributed by atoms with Crippen molar-refractivity contribution in [2.24, 2.45) is 0 Å². The highest BCUT2D eigenvalue weighted by molar-refractivity contribution is 6.30. The van der Waals surface area contributed by atoms with E-state index in [4.69, 9.17) is 16.3 Å². The zero-order valence-electron chi connectivity index (χ0n) is 12.0. The number of carbonyl (C=O) groups is 1. The lowest BCUT2D eigenvalue weighted by atomic mass is 9.92. The predicted octanol–water partition coefficient (Wildman–Crippen LogP) is 3.20. The molecule has 0 amide bonds. The maximum Gasteiger partial charge on any atom is 0.326 e. The van der Waals surface area contributed by atoms with Crippen LogP contribution in [0.4, 0.5) is 0 Å². The summed E-state index contributed by atoms with van der Waals surface area (Å²) in [6.07, 6.45) is 0.571. The molecule has 19 heavy (non-hydrogen) atoms. The lowest BCUT2D eigenvalue weighted by molar-refractivity contribution is -0.150. The second kappa shape index (κ2) is 6.92. The lowest BCUT2D eigenvalue weighted by Gasteiger charge is -2.30. The molecule has 1 aromatic rings. The van der Waals surface area contributed by atoms with Crippen LogP contribution in [0, 0.1) is 0 Å². The van der Waals surface area contributed by atoms with Crippen molar-refractivity contribution in [3.05, 3.63) is 34.9 Å². The molecule has 0 aliphatic rings. The van der Waals surface area contributed by atoms with Crippen molar-refractivity contribution in [1.82, 2.24) is 5.32 Å². The highest BCUT2D eigenvalue weighted by Gasteiger charge is 2.35. The fraction of sp³-hybridized carbons (Fsp3) is 0.533. The zero-order valence-corrected chi connectivity index (χ0v) is 12.8. The standard InChI is InChI=1S/C15H22ClNO2/c1-5-19-14(18)15(4,17-11(2)3)10-12-6-8-13(16)9-7-12/h6-9,11,17H,5,10H2,1-4H3. The third-order valence-electron chi connectivity index (χ3n) is 2.80. The van der Waals surface area contributed by atoms with E-state index >= 15 is 0 Å². The first-order valence-corrected chi connectivity index (χ1v) is 6.94. The third-order valence-corrected chi connectivity index (χ3v) is 3.06. The number of carbonyl (C=O) groups excluding carboxylic acids is 1. The van der Waals surface area contributed by atoms with Gasteiger partial charge in [0, 0.05) is 17.5 Å². The van der Waals surface area contributed by atoms with Crippen molar-refractivity contribution < 1.29 is 9.53 Å². The van der Waals surface area contributed by atoms with E-state index in [9.17, 15) is 4.79 Å². The van der Waals surface area contributed by atoms with E-state index in [2.05, 4.69) is 5.32 Å². The molecule has 106 valence electrons. The Kier molecular flexibility index (Phi) is 5.83. The summed E-state index contributed by atoms with van der Waals surface area (Å²) in [4.78, 5) is 12.2. The SMILES string of the molecule is CCOC(=O)C(C)(Cc1ccc(Cl)cc1)NC(C)C. The highest BCUT2D eigenvalue weighted by atomic mass is 35.5. The van der Waals surface area contributed by atoms with Crippen molar-refractivity contribution in [3.63, 3.8) is 0 Å². The van der Waals surface area contributed by atoms with E-state index in [0.717, 1.165) is 5.56 Å². The van der Waals surface area contributed by atoms with Crippen molar-refractivity contribution in [2.45, 2.75) is 45.7 Å². The molecule has 0 bridgehead atoms. The summed E-state index contributed by atoms with van der Waals surface area (Å²) in [5, 5.41) is 3.99. The number of benzene rings is 1. The Hall–Kier alpha value is -1.06. The smallest absolute Gasteiger partial charge is 0.326 e. The summed E-state index contributed by atoms with van der Waals surface area (Å²) in [5.41, 5.74) is 0.325. The van der Waals surface area contributed by atoms with E-state index in [1.54, 1.807) is 0 Å². The Balaban J connectivity index is 2.90. The summed E-state index contributed by atoms with van der Waals surface area (Å²) in [6, 6.07) is 7.72. The molecule has 0 aliphatic carbocycles. The fourth-order valence-electron chi connectivity index (χ4n) is 2.12. The summed E-state index contributed by atoms with van der Waals surface area (Å²) >= 11 is 5.87.